The van der Waals surface area contributed by atoms with Crippen molar-refractivity contribution < 1.29 is 4.42 Å². The van der Waals surface area contributed by atoms with E-state index in [-0.39, 0.29) is 17.9 Å². The van der Waals surface area contributed by atoms with Crippen molar-refractivity contribution in [1.29, 1.82) is 0 Å². The molecule has 0 N–H and O–H groups in total. The minimum absolute atomic E-state index is 0.0446. The predicted molar refractivity (Wildman–Crippen MR) is 180 cm³/mol. The minimum atomic E-state index is 0.0446. The Morgan fingerprint density at radius 2 is 1.70 bits per heavy atom. The van der Waals surface area contributed by atoms with Crippen LogP contribution in [-0.4, -0.2) is 29.0 Å². The number of nitrogens with zero attached hydrogens (tertiary/aromatic N) is 3. The highest BCUT2D eigenvalue weighted by molar-refractivity contribution is 6.20. The molecule has 0 radical (unpaired) electrons. The molecule has 0 bridgehead atoms. The van der Waals surface area contributed by atoms with Gasteiger partial charge >= 0.3 is 0 Å². The average molecular weight is 562 g/mol. The summed E-state index contributed by atoms with van der Waals surface area (Å²) >= 11 is 0. The van der Waals surface area contributed by atoms with Gasteiger partial charge in [0, 0.05) is 52.0 Å². The summed E-state index contributed by atoms with van der Waals surface area (Å²) in [6.45, 7) is 17.3. The van der Waals surface area contributed by atoms with Gasteiger partial charge in [0.15, 0.2) is 0 Å². The number of rotatable bonds is 4. The number of allylic oxidation sites excluding steroid dienone is 2. The van der Waals surface area contributed by atoms with Crippen LogP contribution in [0.5, 0.6) is 0 Å². The van der Waals surface area contributed by atoms with Crippen LogP contribution >= 0.6 is 0 Å². The van der Waals surface area contributed by atoms with Crippen LogP contribution in [0.25, 0.3) is 33.2 Å². The summed E-state index contributed by atoms with van der Waals surface area (Å²) in [5.41, 5.74) is 12.7. The maximum Gasteiger partial charge on any atom is 0.145 e. The second kappa shape index (κ2) is 10.8. The molecule has 5 aromatic rings. The molecule has 2 aromatic heterocycles. The SMILES string of the molecule is C=CC1=NC2C(C=C)C/N=C(/C=C)c3c(ccc4c3oc3cc(-c5ncccc5C)c(C)cc34)CCC2c2ccccc21. The first-order valence-corrected chi connectivity index (χ1v) is 15.0. The number of hydrogen-bond donors (Lipinski definition) is 0. The normalized spacial score (nSPS) is 21.1. The summed E-state index contributed by atoms with van der Waals surface area (Å²) in [6.07, 6.45) is 9.43. The van der Waals surface area contributed by atoms with Gasteiger partial charge in [0.2, 0.25) is 0 Å². The topological polar surface area (TPSA) is 50.8 Å². The van der Waals surface area contributed by atoms with Gasteiger partial charge in [-0.3, -0.25) is 15.0 Å². The van der Waals surface area contributed by atoms with Gasteiger partial charge in [-0.15, -0.1) is 6.58 Å². The van der Waals surface area contributed by atoms with Gasteiger partial charge in [-0.1, -0.05) is 61.7 Å². The summed E-state index contributed by atoms with van der Waals surface area (Å²) in [5, 5.41) is 2.19. The van der Waals surface area contributed by atoms with Crippen LogP contribution in [0.3, 0.4) is 0 Å². The number of hydrogen-bond acceptors (Lipinski definition) is 4. The first-order valence-electron chi connectivity index (χ1n) is 15.0. The third kappa shape index (κ3) is 4.40. The number of furan rings is 1. The van der Waals surface area contributed by atoms with E-state index in [1.807, 2.05) is 30.5 Å². The van der Waals surface area contributed by atoms with E-state index in [2.05, 4.69) is 93.2 Å². The lowest BCUT2D eigenvalue weighted by Crippen LogP contribution is -2.33. The van der Waals surface area contributed by atoms with Gasteiger partial charge in [-0.25, -0.2) is 0 Å². The summed E-state index contributed by atoms with van der Waals surface area (Å²) in [5.74, 6) is 0.320. The Kier molecular flexibility index (Phi) is 6.78. The van der Waals surface area contributed by atoms with E-state index in [0.717, 1.165) is 68.6 Å². The van der Waals surface area contributed by atoms with Gasteiger partial charge in [-0.05, 0) is 79.3 Å². The second-order valence-corrected chi connectivity index (χ2v) is 11.7. The number of aromatic nitrogens is 1. The molecule has 0 saturated carbocycles. The fourth-order valence-corrected chi connectivity index (χ4v) is 7.07. The minimum Gasteiger partial charge on any atom is -0.455 e. The monoisotopic (exact) mass is 561 g/mol. The molecule has 0 amide bonds. The van der Waals surface area contributed by atoms with Crippen molar-refractivity contribution in [3.63, 3.8) is 0 Å². The molecule has 0 aliphatic carbocycles. The molecule has 4 nitrogen and oxygen atoms in total. The third-order valence-corrected chi connectivity index (χ3v) is 9.26. The molecule has 2 aliphatic heterocycles. The van der Waals surface area contributed by atoms with Crippen molar-refractivity contribution in [1.82, 2.24) is 4.98 Å². The van der Waals surface area contributed by atoms with Crippen LogP contribution in [0.4, 0.5) is 0 Å². The Hall–Kier alpha value is -4.83. The quantitative estimate of drug-likeness (QED) is 0.205. The van der Waals surface area contributed by atoms with E-state index < -0.39 is 0 Å². The van der Waals surface area contributed by atoms with Gasteiger partial charge in [0.1, 0.15) is 11.2 Å². The fraction of sp³-hybridized carbons (Fsp3) is 0.205. The number of pyridine rings is 1. The Bertz CT molecular complexity index is 2010. The zero-order valence-electron chi connectivity index (χ0n) is 24.8. The van der Waals surface area contributed by atoms with Crippen LogP contribution in [-0.2, 0) is 6.42 Å². The highest BCUT2D eigenvalue weighted by Gasteiger charge is 2.35. The number of benzene rings is 3. The lowest BCUT2D eigenvalue weighted by atomic mass is 9.75. The summed E-state index contributed by atoms with van der Waals surface area (Å²) in [7, 11) is 0. The number of aryl methyl sites for hydroxylation is 3. The van der Waals surface area contributed by atoms with Crippen LogP contribution in [0.15, 0.2) is 119 Å². The molecule has 0 saturated heterocycles. The van der Waals surface area contributed by atoms with E-state index in [9.17, 15) is 0 Å². The van der Waals surface area contributed by atoms with Gasteiger partial charge in [0.25, 0.3) is 0 Å². The van der Waals surface area contributed by atoms with Crippen LogP contribution in [0.1, 0.15) is 45.7 Å². The molecule has 3 aromatic carbocycles. The number of aliphatic imine (C=N–C) groups is 2. The molecule has 2 aliphatic rings. The standard InChI is InChI=1S/C39H35N3O/c1-6-25-22-41-34(8-3)36-26(15-17-29-27-13-9-10-14-28(27)33(7-2)42-38(25)29)16-18-30-32-20-24(5)31(21-35(32)43-39(30)36)37-23(4)12-11-19-40-37/h6-14,16,18-21,25,29,38H,1-3,15,17,22H2,4-5H3/b41-34-. The summed E-state index contributed by atoms with van der Waals surface area (Å²) < 4.78 is 6.74. The van der Waals surface area contributed by atoms with E-state index in [1.165, 1.54) is 22.3 Å². The molecule has 7 rings (SSSR count). The van der Waals surface area contributed by atoms with E-state index in [1.54, 1.807) is 0 Å². The molecular formula is C39H35N3O. The van der Waals surface area contributed by atoms with Crippen LogP contribution < -0.4 is 0 Å². The zero-order valence-corrected chi connectivity index (χ0v) is 24.8. The van der Waals surface area contributed by atoms with Crippen molar-refractivity contribution in [3.05, 3.63) is 138 Å². The zero-order chi connectivity index (χ0) is 29.7. The van der Waals surface area contributed by atoms with E-state index >= 15 is 0 Å². The Morgan fingerprint density at radius 1 is 0.860 bits per heavy atom. The summed E-state index contributed by atoms with van der Waals surface area (Å²) in [4.78, 5) is 15.1. The molecule has 4 heterocycles. The Morgan fingerprint density at radius 3 is 2.49 bits per heavy atom. The second-order valence-electron chi connectivity index (χ2n) is 11.7. The highest BCUT2D eigenvalue weighted by Crippen LogP contribution is 2.41. The maximum atomic E-state index is 6.74. The lowest BCUT2D eigenvalue weighted by molar-refractivity contribution is 0.409. The summed E-state index contributed by atoms with van der Waals surface area (Å²) in [6, 6.07) is 21.6. The molecule has 3 unspecified atom stereocenters. The maximum absolute atomic E-state index is 6.74. The van der Waals surface area contributed by atoms with Crippen LogP contribution in [0.2, 0.25) is 0 Å². The first-order chi connectivity index (χ1) is 21.0. The van der Waals surface area contributed by atoms with Crippen molar-refractivity contribution in [3.8, 4) is 11.3 Å². The van der Waals surface area contributed by atoms with Gasteiger partial charge in [0.05, 0.1) is 23.2 Å². The van der Waals surface area contributed by atoms with E-state index in [0.29, 0.717) is 6.54 Å². The average Bonchev–Trinajstić information content (AvgIpc) is 3.39. The Balaban J connectivity index is 1.41. The largest absolute Gasteiger partial charge is 0.455 e. The lowest BCUT2D eigenvalue weighted by Gasteiger charge is -2.35. The molecule has 0 fully saturated rings. The van der Waals surface area contributed by atoms with Gasteiger partial charge < -0.3 is 4.42 Å². The third-order valence-electron chi connectivity index (χ3n) is 9.26. The van der Waals surface area contributed by atoms with Crippen LogP contribution in [0, 0.1) is 19.8 Å². The molecular weight excluding hydrogens is 526 g/mol. The smallest absolute Gasteiger partial charge is 0.145 e. The first kappa shape index (κ1) is 27.0. The van der Waals surface area contributed by atoms with Crippen molar-refractivity contribution >= 4 is 33.4 Å². The molecule has 4 heteroatoms. The van der Waals surface area contributed by atoms with Crippen molar-refractivity contribution in [2.45, 2.75) is 38.6 Å². The van der Waals surface area contributed by atoms with Crippen molar-refractivity contribution in [2.24, 2.45) is 15.9 Å². The fourth-order valence-electron chi connectivity index (χ4n) is 7.07. The number of fused-ring (bicyclic) bond motifs is 8. The van der Waals surface area contributed by atoms with E-state index in [4.69, 9.17) is 14.4 Å². The van der Waals surface area contributed by atoms with Crippen molar-refractivity contribution in [2.75, 3.05) is 6.54 Å². The van der Waals surface area contributed by atoms with Gasteiger partial charge in [-0.2, -0.15) is 0 Å². The predicted octanol–water partition coefficient (Wildman–Crippen LogP) is 9.13. The highest BCUT2D eigenvalue weighted by atomic mass is 16.3. The molecule has 212 valence electrons. The molecule has 0 spiro atoms. The molecule has 3 atom stereocenters. The Labute approximate surface area is 252 Å². The molecule has 43 heavy (non-hydrogen) atoms.